The predicted molar refractivity (Wildman–Crippen MR) is 84.8 cm³/mol. The first kappa shape index (κ1) is 16.6. The minimum atomic E-state index is -0.315. The van der Waals surface area contributed by atoms with Crippen LogP contribution in [0.1, 0.15) is 24.0 Å². The molecule has 2 aliphatic heterocycles. The Morgan fingerprint density at radius 3 is 2.95 bits per heavy atom. The zero-order chi connectivity index (χ0) is 14.1. The lowest BCUT2D eigenvalue weighted by Gasteiger charge is -2.31. The molecule has 0 radical (unpaired) electrons. The van der Waals surface area contributed by atoms with Crippen LogP contribution in [-0.2, 0) is 22.5 Å². The van der Waals surface area contributed by atoms with E-state index in [0.717, 1.165) is 29.8 Å². The second-order valence-corrected chi connectivity index (χ2v) is 5.85. The maximum atomic E-state index is 12.5. The van der Waals surface area contributed by atoms with Gasteiger partial charge in [0.2, 0.25) is 0 Å². The lowest BCUT2D eigenvalue weighted by Crippen LogP contribution is -2.42. The molecular formula is C15H20Cl2N2O2. The number of rotatable bonds is 2. The van der Waals surface area contributed by atoms with Crippen LogP contribution in [0, 0.1) is 0 Å². The van der Waals surface area contributed by atoms with Crippen molar-refractivity contribution in [3.63, 3.8) is 0 Å². The maximum Gasteiger partial charge on any atom is 0.252 e. The highest BCUT2D eigenvalue weighted by molar-refractivity contribution is 6.31. The van der Waals surface area contributed by atoms with Crippen LogP contribution in [0.25, 0.3) is 0 Å². The predicted octanol–water partition coefficient (Wildman–Crippen LogP) is 2.15. The Hall–Kier alpha value is -0.810. The number of hydrogen-bond donors (Lipinski definition) is 1. The molecule has 116 valence electrons. The van der Waals surface area contributed by atoms with Crippen LogP contribution in [0.3, 0.4) is 0 Å². The third-order valence-corrected chi connectivity index (χ3v) is 4.52. The van der Waals surface area contributed by atoms with Crippen molar-refractivity contribution in [2.24, 2.45) is 5.73 Å². The molecule has 2 atom stereocenters. The van der Waals surface area contributed by atoms with Gasteiger partial charge < -0.3 is 15.4 Å². The van der Waals surface area contributed by atoms with E-state index in [-0.39, 0.29) is 30.5 Å². The molecule has 6 heteroatoms. The molecule has 0 aliphatic carbocycles. The molecule has 0 aromatic heterocycles. The van der Waals surface area contributed by atoms with Gasteiger partial charge in [-0.15, -0.1) is 12.4 Å². The molecule has 1 aromatic rings. The molecule has 2 aliphatic rings. The summed E-state index contributed by atoms with van der Waals surface area (Å²) in [5.74, 6) is 0.0894. The summed E-state index contributed by atoms with van der Waals surface area (Å²) in [5.41, 5.74) is 7.91. The van der Waals surface area contributed by atoms with Crippen LogP contribution in [0.2, 0.25) is 5.02 Å². The highest BCUT2D eigenvalue weighted by atomic mass is 35.5. The molecule has 0 spiro atoms. The minimum Gasteiger partial charge on any atom is -0.364 e. The van der Waals surface area contributed by atoms with E-state index in [1.54, 1.807) is 0 Å². The zero-order valence-electron chi connectivity index (χ0n) is 11.8. The second-order valence-electron chi connectivity index (χ2n) is 5.45. The highest BCUT2D eigenvalue weighted by Crippen LogP contribution is 2.28. The molecule has 21 heavy (non-hydrogen) atoms. The maximum absolute atomic E-state index is 12.5. The van der Waals surface area contributed by atoms with Gasteiger partial charge in [0.25, 0.3) is 5.91 Å². The molecule has 2 heterocycles. The second kappa shape index (κ2) is 6.97. The van der Waals surface area contributed by atoms with Gasteiger partial charge in [-0.2, -0.15) is 0 Å². The third kappa shape index (κ3) is 3.34. The van der Waals surface area contributed by atoms with Gasteiger partial charge in [-0.05, 0) is 36.5 Å². The topological polar surface area (TPSA) is 55.6 Å². The van der Waals surface area contributed by atoms with Gasteiger partial charge in [0, 0.05) is 24.7 Å². The third-order valence-electron chi connectivity index (χ3n) is 4.17. The monoisotopic (exact) mass is 330 g/mol. The fraction of sp³-hybridized carbons (Fsp3) is 0.533. The summed E-state index contributed by atoms with van der Waals surface area (Å²) in [7, 11) is 0. The van der Waals surface area contributed by atoms with Crippen molar-refractivity contribution >= 4 is 29.9 Å². The van der Waals surface area contributed by atoms with Crippen LogP contribution in [-0.4, -0.2) is 36.1 Å². The number of halogens is 2. The molecule has 3 rings (SSSR count). The number of nitrogens with two attached hydrogens (primary N) is 1. The number of carbonyl (C=O) groups excluding carboxylic acids is 1. The fourth-order valence-electron chi connectivity index (χ4n) is 3.02. The van der Waals surface area contributed by atoms with E-state index in [9.17, 15) is 4.79 Å². The number of fused-ring (bicyclic) bond motifs is 1. The number of hydrogen-bond acceptors (Lipinski definition) is 3. The Morgan fingerprint density at radius 1 is 1.43 bits per heavy atom. The molecule has 1 fully saturated rings. The molecule has 0 unspecified atom stereocenters. The summed E-state index contributed by atoms with van der Waals surface area (Å²) in [6.45, 7) is 1.83. The molecular weight excluding hydrogens is 311 g/mol. The molecule has 0 bridgehead atoms. The standard InChI is InChI=1S/C15H19ClN2O2.ClH/c16-13-3-1-2-10-9-18(7-6-12(10)13)15(19)14-5-4-11(8-17)20-14;/h1-3,11,14H,4-9,17H2;1H/t11-,14+;/m1./s1. The van der Waals surface area contributed by atoms with Gasteiger partial charge in [0.1, 0.15) is 6.10 Å². The summed E-state index contributed by atoms with van der Waals surface area (Å²) in [6, 6.07) is 5.88. The van der Waals surface area contributed by atoms with Crippen LogP contribution in [0.5, 0.6) is 0 Å². The number of ether oxygens (including phenoxy) is 1. The number of benzene rings is 1. The lowest BCUT2D eigenvalue weighted by atomic mass is 9.99. The minimum absolute atomic E-state index is 0. The average molecular weight is 331 g/mol. The van der Waals surface area contributed by atoms with E-state index >= 15 is 0 Å². The highest BCUT2D eigenvalue weighted by Gasteiger charge is 2.34. The van der Waals surface area contributed by atoms with Crippen molar-refractivity contribution in [2.75, 3.05) is 13.1 Å². The average Bonchev–Trinajstić information content (AvgIpc) is 2.95. The Morgan fingerprint density at radius 2 is 2.24 bits per heavy atom. The lowest BCUT2D eigenvalue weighted by molar-refractivity contribution is -0.143. The summed E-state index contributed by atoms with van der Waals surface area (Å²) in [5, 5.41) is 0.801. The normalized spacial score (nSPS) is 24.4. The number of nitrogens with zero attached hydrogens (tertiary/aromatic N) is 1. The van der Waals surface area contributed by atoms with E-state index < -0.39 is 0 Å². The van der Waals surface area contributed by atoms with Crippen LogP contribution in [0.4, 0.5) is 0 Å². The first-order chi connectivity index (χ1) is 9.69. The Labute approximate surface area is 136 Å². The molecule has 1 amide bonds. The van der Waals surface area contributed by atoms with Crippen molar-refractivity contribution < 1.29 is 9.53 Å². The van der Waals surface area contributed by atoms with Gasteiger partial charge in [0.15, 0.2) is 0 Å². The molecule has 1 saturated heterocycles. The SMILES string of the molecule is Cl.NC[C@H]1CC[C@@H](C(=O)N2CCc3c(Cl)cccc3C2)O1. The van der Waals surface area contributed by atoms with Gasteiger partial charge >= 0.3 is 0 Å². The van der Waals surface area contributed by atoms with E-state index in [1.165, 1.54) is 5.56 Å². The number of amides is 1. The van der Waals surface area contributed by atoms with Crippen molar-refractivity contribution in [2.45, 2.75) is 38.0 Å². The Balaban J connectivity index is 0.00000161. The van der Waals surface area contributed by atoms with Crippen molar-refractivity contribution in [3.05, 3.63) is 34.3 Å². The summed E-state index contributed by atoms with van der Waals surface area (Å²) in [6.07, 6.45) is 2.19. The van der Waals surface area contributed by atoms with E-state index in [1.807, 2.05) is 23.1 Å². The Bertz CT molecular complexity index is 524. The van der Waals surface area contributed by atoms with Crippen molar-refractivity contribution in [1.82, 2.24) is 4.90 Å². The summed E-state index contributed by atoms with van der Waals surface area (Å²) in [4.78, 5) is 14.4. The van der Waals surface area contributed by atoms with Gasteiger partial charge in [0.05, 0.1) is 6.10 Å². The molecule has 2 N–H and O–H groups in total. The molecule has 4 nitrogen and oxygen atoms in total. The van der Waals surface area contributed by atoms with Gasteiger partial charge in [-0.25, -0.2) is 0 Å². The van der Waals surface area contributed by atoms with Crippen molar-refractivity contribution in [1.29, 1.82) is 0 Å². The van der Waals surface area contributed by atoms with E-state index in [2.05, 4.69) is 0 Å². The fourth-order valence-corrected chi connectivity index (χ4v) is 3.30. The quantitative estimate of drug-likeness (QED) is 0.903. The zero-order valence-corrected chi connectivity index (χ0v) is 13.3. The molecule has 0 saturated carbocycles. The first-order valence-electron chi connectivity index (χ1n) is 7.09. The van der Waals surface area contributed by atoms with Gasteiger partial charge in [-0.3, -0.25) is 4.79 Å². The number of carbonyl (C=O) groups is 1. The first-order valence-corrected chi connectivity index (χ1v) is 7.47. The summed E-state index contributed by atoms with van der Waals surface area (Å²) >= 11 is 6.19. The van der Waals surface area contributed by atoms with E-state index in [4.69, 9.17) is 22.1 Å². The molecule has 1 aromatic carbocycles. The van der Waals surface area contributed by atoms with Crippen LogP contribution in [0.15, 0.2) is 18.2 Å². The van der Waals surface area contributed by atoms with Crippen LogP contribution < -0.4 is 5.73 Å². The van der Waals surface area contributed by atoms with Crippen LogP contribution >= 0.6 is 24.0 Å². The summed E-state index contributed by atoms with van der Waals surface area (Å²) < 4.78 is 5.70. The van der Waals surface area contributed by atoms with E-state index in [0.29, 0.717) is 19.6 Å². The Kier molecular flexibility index (Phi) is 5.49. The van der Waals surface area contributed by atoms with Crippen molar-refractivity contribution in [3.8, 4) is 0 Å². The van der Waals surface area contributed by atoms with Gasteiger partial charge in [-0.1, -0.05) is 23.7 Å². The smallest absolute Gasteiger partial charge is 0.252 e. The largest absolute Gasteiger partial charge is 0.364 e.